The Balaban J connectivity index is 0. The van der Waals surface area contributed by atoms with Crippen molar-refractivity contribution in [3.63, 3.8) is 0 Å². The quantitative estimate of drug-likeness (QED) is 0.632. The Morgan fingerprint density at radius 2 is 1.67 bits per heavy atom. The second kappa shape index (κ2) is 4.09. The topological polar surface area (TPSA) is 29.3 Å². The summed E-state index contributed by atoms with van der Waals surface area (Å²) in [5.74, 6) is 0. The van der Waals surface area contributed by atoms with Gasteiger partial charge >= 0.3 is 0 Å². The molecule has 3 heteroatoms. The van der Waals surface area contributed by atoms with Crippen molar-refractivity contribution in [1.29, 1.82) is 0 Å². The van der Waals surface area contributed by atoms with Crippen LogP contribution in [0, 0.1) is 0 Å². The first-order valence-electron chi connectivity index (χ1n) is 2.88. The van der Waals surface area contributed by atoms with E-state index in [4.69, 9.17) is 5.73 Å². The van der Waals surface area contributed by atoms with E-state index in [-0.39, 0.29) is 17.9 Å². The fraction of sp³-hybridized carbons (Fsp3) is 1.00. The summed E-state index contributed by atoms with van der Waals surface area (Å²) < 4.78 is 0. The molecule has 0 aromatic heterocycles. The van der Waals surface area contributed by atoms with E-state index in [1.807, 2.05) is 14.1 Å². The van der Waals surface area contributed by atoms with Gasteiger partial charge in [-0.15, -0.1) is 12.4 Å². The number of hydrogen-bond donors (Lipinski definition) is 1. The molecular formula is C6H17ClN2. The zero-order valence-corrected chi connectivity index (χ0v) is 7.46. The average molecular weight is 153 g/mol. The summed E-state index contributed by atoms with van der Waals surface area (Å²) in [7, 11) is 4.07. The number of hydrogen-bond acceptors (Lipinski definition) is 2. The molecule has 0 amide bonds. The Morgan fingerprint density at radius 3 is 1.67 bits per heavy atom. The van der Waals surface area contributed by atoms with Gasteiger partial charge in [0, 0.05) is 12.1 Å². The van der Waals surface area contributed by atoms with Crippen LogP contribution in [0.5, 0.6) is 0 Å². The third-order valence-corrected chi connectivity index (χ3v) is 1.71. The van der Waals surface area contributed by atoms with Crippen LogP contribution in [0.3, 0.4) is 0 Å². The van der Waals surface area contributed by atoms with Gasteiger partial charge in [-0.05, 0) is 27.9 Å². The van der Waals surface area contributed by atoms with Crippen molar-refractivity contribution in [2.24, 2.45) is 5.73 Å². The van der Waals surface area contributed by atoms with Crippen LogP contribution < -0.4 is 5.73 Å². The predicted molar refractivity (Wildman–Crippen MR) is 44.1 cm³/mol. The van der Waals surface area contributed by atoms with Crippen LogP contribution in [0.4, 0.5) is 0 Å². The van der Waals surface area contributed by atoms with Crippen LogP contribution in [0.2, 0.25) is 0 Å². The van der Waals surface area contributed by atoms with Crippen molar-refractivity contribution < 1.29 is 0 Å². The third-order valence-electron chi connectivity index (χ3n) is 1.71. The summed E-state index contributed by atoms with van der Waals surface area (Å²) in [6, 6.07) is 0. The molecule has 0 atom stereocenters. The summed E-state index contributed by atoms with van der Waals surface area (Å²) >= 11 is 0. The highest BCUT2D eigenvalue weighted by Crippen LogP contribution is 2.05. The lowest BCUT2D eigenvalue weighted by molar-refractivity contribution is 0.204. The van der Waals surface area contributed by atoms with E-state index in [1.54, 1.807) is 0 Å². The third kappa shape index (κ3) is 3.73. The highest BCUT2D eigenvalue weighted by atomic mass is 35.5. The van der Waals surface area contributed by atoms with Gasteiger partial charge in [-0.3, -0.25) is 0 Å². The Bertz CT molecular complexity index is 71.5. The molecule has 9 heavy (non-hydrogen) atoms. The molecule has 0 saturated heterocycles. The molecular weight excluding hydrogens is 136 g/mol. The van der Waals surface area contributed by atoms with Crippen LogP contribution in [0.15, 0.2) is 0 Å². The number of halogens is 1. The van der Waals surface area contributed by atoms with Crippen LogP contribution in [0.1, 0.15) is 13.8 Å². The lowest BCUT2D eigenvalue weighted by Crippen LogP contribution is -2.44. The molecule has 0 saturated carbocycles. The normalized spacial score (nSPS) is 11.3. The molecule has 0 aromatic carbocycles. The van der Waals surface area contributed by atoms with Gasteiger partial charge in [0.1, 0.15) is 0 Å². The zero-order chi connectivity index (χ0) is 6.78. The fourth-order valence-electron chi connectivity index (χ4n) is 0.183. The maximum Gasteiger partial charge on any atom is 0.0269 e. The number of likely N-dealkylation sites (N-methyl/N-ethyl adjacent to an activating group) is 1. The van der Waals surface area contributed by atoms with Crippen LogP contribution in [-0.4, -0.2) is 31.1 Å². The van der Waals surface area contributed by atoms with E-state index in [2.05, 4.69) is 18.7 Å². The minimum Gasteiger partial charge on any atom is -0.329 e. The Labute approximate surface area is 63.8 Å². The summed E-state index contributed by atoms with van der Waals surface area (Å²) in [5, 5.41) is 0. The molecule has 0 unspecified atom stereocenters. The van der Waals surface area contributed by atoms with E-state index in [1.165, 1.54) is 0 Å². The number of nitrogens with zero attached hydrogens (tertiary/aromatic N) is 1. The molecule has 0 fully saturated rings. The van der Waals surface area contributed by atoms with Gasteiger partial charge < -0.3 is 10.6 Å². The van der Waals surface area contributed by atoms with Crippen molar-refractivity contribution in [1.82, 2.24) is 4.90 Å². The van der Waals surface area contributed by atoms with E-state index in [0.29, 0.717) is 6.54 Å². The lowest BCUT2D eigenvalue weighted by atomic mass is 10.1. The van der Waals surface area contributed by atoms with Crippen molar-refractivity contribution in [2.45, 2.75) is 19.4 Å². The van der Waals surface area contributed by atoms with E-state index >= 15 is 0 Å². The lowest BCUT2D eigenvalue weighted by Gasteiger charge is -2.30. The molecule has 0 heterocycles. The molecule has 0 aliphatic heterocycles. The molecule has 58 valence electrons. The second-order valence-corrected chi connectivity index (χ2v) is 2.91. The Morgan fingerprint density at radius 1 is 1.33 bits per heavy atom. The molecule has 0 bridgehead atoms. The Kier molecular flexibility index (Phi) is 5.43. The maximum atomic E-state index is 5.47. The molecule has 2 N–H and O–H groups in total. The van der Waals surface area contributed by atoms with Gasteiger partial charge in [0.25, 0.3) is 0 Å². The van der Waals surface area contributed by atoms with E-state index in [0.717, 1.165) is 0 Å². The first kappa shape index (κ1) is 11.9. The molecule has 0 aliphatic rings. The molecule has 0 aromatic rings. The van der Waals surface area contributed by atoms with E-state index < -0.39 is 0 Å². The Hall–Kier alpha value is 0.210. The van der Waals surface area contributed by atoms with Crippen molar-refractivity contribution in [3.8, 4) is 0 Å². The summed E-state index contributed by atoms with van der Waals surface area (Å²) in [6.45, 7) is 4.94. The van der Waals surface area contributed by atoms with Crippen molar-refractivity contribution in [3.05, 3.63) is 0 Å². The SMILES string of the molecule is CN(C)C(C)(C)CN.Cl. The first-order valence-corrected chi connectivity index (χ1v) is 2.88. The monoisotopic (exact) mass is 152 g/mol. The second-order valence-electron chi connectivity index (χ2n) is 2.91. The summed E-state index contributed by atoms with van der Waals surface area (Å²) in [5.41, 5.74) is 5.62. The minimum absolute atomic E-state index is 0. The summed E-state index contributed by atoms with van der Waals surface area (Å²) in [4.78, 5) is 2.12. The van der Waals surface area contributed by atoms with E-state index in [9.17, 15) is 0 Å². The van der Waals surface area contributed by atoms with Crippen LogP contribution >= 0.6 is 12.4 Å². The molecule has 0 radical (unpaired) electrons. The van der Waals surface area contributed by atoms with Gasteiger partial charge in [-0.25, -0.2) is 0 Å². The highest BCUT2D eigenvalue weighted by Gasteiger charge is 2.16. The molecule has 0 aliphatic carbocycles. The minimum atomic E-state index is 0. The molecule has 2 nitrogen and oxygen atoms in total. The number of rotatable bonds is 2. The van der Waals surface area contributed by atoms with Crippen molar-refractivity contribution in [2.75, 3.05) is 20.6 Å². The maximum absolute atomic E-state index is 5.47. The smallest absolute Gasteiger partial charge is 0.0269 e. The largest absolute Gasteiger partial charge is 0.329 e. The highest BCUT2D eigenvalue weighted by molar-refractivity contribution is 5.85. The van der Waals surface area contributed by atoms with Gasteiger partial charge in [0.05, 0.1) is 0 Å². The fourth-order valence-corrected chi connectivity index (χ4v) is 0.183. The molecule has 0 rings (SSSR count). The van der Waals surface area contributed by atoms with Crippen LogP contribution in [-0.2, 0) is 0 Å². The standard InChI is InChI=1S/C6H16N2.ClH/c1-6(2,5-7)8(3)4;/h5,7H2,1-4H3;1H. The number of nitrogens with two attached hydrogens (primary N) is 1. The van der Waals surface area contributed by atoms with Crippen LogP contribution in [0.25, 0.3) is 0 Å². The summed E-state index contributed by atoms with van der Waals surface area (Å²) in [6.07, 6.45) is 0. The van der Waals surface area contributed by atoms with Gasteiger partial charge in [-0.2, -0.15) is 0 Å². The van der Waals surface area contributed by atoms with Crippen molar-refractivity contribution >= 4 is 12.4 Å². The average Bonchev–Trinajstić information content (AvgIpc) is 1.67. The zero-order valence-electron chi connectivity index (χ0n) is 6.64. The predicted octanol–water partition coefficient (Wildman–Crippen LogP) is 0.707. The van der Waals surface area contributed by atoms with Gasteiger partial charge in [0.2, 0.25) is 0 Å². The first-order chi connectivity index (χ1) is 3.50. The molecule has 0 spiro atoms. The van der Waals surface area contributed by atoms with Gasteiger partial charge in [-0.1, -0.05) is 0 Å². The van der Waals surface area contributed by atoms with Gasteiger partial charge in [0.15, 0.2) is 0 Å².